The van der Waals surface area contributed by atoms with E-state index in [0.717, 1.165) is 12.3 Å². The van der Waals surface area contributed by atoms with Crippen LogP contribution in [0.4, 0.5) is 0 Å². The van der Waals surface area contributed by atoms with E-state index < -0.39 is 0 Å². The van der Waals surface area contributed by atoms with Gasteiger partial charge >= 0.3 is 0 Å². The zero-order chi connectivity index (χ0) is 8.69. The molecule has 3 N–H and O–H groups in total. The fourth-order valence-electron chi connectivity index (χ4n) is 0.781. The minimum Gasteiger partial charge on any atom is -0.370 e. The first-order valence-electron chi connectivity index (χ1n) is 3.67. The van der Waals surface area contributed by atoms with Crippen molar-refractivity contribution in [3.63, 3.8) is 0 Å². The molecule has 0 spiro atoms. The number of rotatable bonds is 6. The van der Waals surface area contributed by atoms with Crippen LogP contribution in [0.15, 0.2) is 0 Å². The summed E-state index contributed by atoms with van der Waals surface area (Å²) in [7, 11) is 0. The third-order valence-electron chi connectivity index (χ3n) is 1.31. The Balaban J connectivity index is 3.22. The van der Waals surface area contributed by atoms with Gasteiger partial charge in [0.2, 0.25) is 5.91 Å². The molecule has 0 fully saturated rings. The lowest BCUT2D eigenvalue weighted by molar-refractivity contribution is -0.118. The summed E-state index contributed by atoms with van der Waals surface area (Å²) in [5, 5.41) is 3.19. The van der Waals surface area contributed by atoms with Crippen molar-refractivity contribution in [1.82, 2.24) is 5.32 Å². The van der Waals surface area contributed by atoms with Crippen LogP contribution in [0.2, 0.25) is 0 Å². The van der Waals surface area contributed by atoms with E-state index in [4.69, 9.17) is 5.73 Å². The first kappa shape index (κ1) is 10.8. The topological polar surface area (TPSA) is 55.1 Å². The number of carbonyl (C=O) groups excluding carboxylic acids is 1. The quantitative estimate of drug-likeness (QED) is 0.569. The van der Waals surface area contributed by atoms with Crippen molar-refractivity contribution >= 4 is 17.7 Å². The average molecular weight is 176 g/mol. The Kier molecular flexibility index (Phi) is 6.36. The molecule has 0 heterocycles. The largest absolute Gasteiger partial charge is 0.370 e. The molecule has 0 saturated carbocycles. The van der Waals surface area contributed by atoms with Crippen LogP contribution in [0.1, 0.15) is 13.3 Å². The molecule has 11 heavy (non-hydrogen) atoms. The van der Waals surface area contributed by atoms with Gasteiger partial charge in [-0.2, -0.15) is 11.8 Å². The van der Waals surface area contributed by atoms with Crippen molar-refractivity contribution in [3.05, 3.63) is 0 Å². The number of amides is 1. The minimum absolute atomic E-state index is 0.208. The molecule has 0 bridgehead atoms. The predicted octanol–water partition coefficient (Wildman–Crippen LogP) is 0.203. The highest BCUT2D eigenvalue weighted by molar-refractivity contribution is 7.98. The maximum absolute atomic E-state index is 10.4. The monoisotopic (exact) mass is 176 g/mol. The van der Waals surface area contributed by atoms with Gasteiger partial charge in [-0.25, -0.2) is 0 Å². The van der Waals surface area contributed by atoms with Gasteiger partial charge in [-0.15, -0.1) is 0 Å². The standard InChI is InChI=1S/C7H16N2OS/c1-6(5-7(8)10)9-3-4-11-2/h6,9H,3-5H2,1-2H3,(H2,8,10). The summed E-state index contributed by atoms with van der Waals surface area (Å²) in [4.78, 5) is 10.4. The smallest absolute Gasteiger partial charge is 0.218 e. The Morgan fingerprint density at radius 2 is 2.36 bits per heavy atom. The van der Waals surface area contributed by atoms with Gasteiger partial charge in [-0.3, -0.25) is 4.79 Å². The number of hydrogen-bond acceptors (Lipinski definition) is 3. The molecule has 0 saturated heterocycles. The van der Waals surface area contributed by atoms with E-state index in [-0.39, 0.29) is 11.9 Å². The SMILES string of the molecule is CSCCNC(C)CC(N)=O. The van der Waals surface area contributed by atoms with Crippen LogP contribution in [0.3, 0.4) is 0 Å². The lowest BCUT2D eigenvalue weighted by Gasteiger charge is -2.10. The zero-order valence-electron chi connectivity index (χ0n) is 7.09. The average Bonchev–Trinajstić information content (AvgIpc) is 1.86. The first-order valence-corrected chi connectivity index (χ1v) is 5.06. The molecule has 1 amide bonds. The summed E-state index contributed by atoms with van der Waals surface area (Å²) in [6, 6.07) is 0.208. The van der Waals surface area contributed by atoms with Crippen molar-refractivity contribution in [1.29, 1.82) is 0 Å². The molecule has 0 aromatic rings. The van der Waals surface area contributed by atoms with Crippen LogP contribution >= 0.6 is 11.8 Å². The second-order valence-corrected chi connectivity index (χ2v) is 3.50. The highest BCUT2D eigenvalue weighted by Gasteiger charge is 2.03. The number of nitrogens with two attached hydrogens (primary N) is 1. The number of hydrogen-bond donors (Lipinski definition) is 2. The fraction of sp³-hybridized carbons (Fsp3) is 0.857. The molecule has 0 aliphatic rings. The lowest BCUT2D eigenvalue weighted by atomic mass is 10.2. The van der Waals surface area contributed by atoms with E-state index in [2.05, 4.69) is 11.6 Å². The lowest BCUT2D eigenvalue weighted by Crippen LogP contribution is -2.32. The summed E-state index contributed by atoms with van der Waals surface area (Å²) in [6.45, 7) is 2.90. The summed E-state index contributed by atoms with van der Waals surface area (Å²) < 4.78 is 0. The van der Waals surface area contributed by atoms with Crippen molar-refractivity contribution in [2.75, 3.05) is 18.6 Å². The molecular formula is C7H16N2OS. The van der Waals surface area contributed by atoms with Gasteiger partial charge in [-0.05, 0) is 13.2 Å². The summed E-state index contributed by atoms with van der Waals surface area (Å²) in [5.41, 5.74) is 5.01. The number of thioether (sulfide) groups is 1. The molecule has 3 nitrogen and oxygen atoms in total. The van der Waals surface area contributed by atoms with Crippen molar-refractivity contribution in [3.8, 4) is 0 Å². The van der Waals surface area contributed by atoms with Crippen LogP contribution in [-0.4, -0.2) is 30.5 Å². The number of nitrogens with one attached hydrogen (secondary N) is 1. The Labute approximate surface area is 72.1 Å². The van der Waals surface area contributed by atoms with Crippen LogP contribution in [0.5, 0.6) is 0 Å². The van der Waals surface area contributed by atoms with Crippen LogP contribution in [-0.2, 0) is 4.79 Å². The Morgan fingerprint density at radius 1 is 1.73 bits per heavy atom. The van der Waals surface area contributed by atoms with E-state index in [1.54, 1.807) is 11.8 Å². The fourth-order valence-corrected chi connectivity index (χ4v) is 1.10. The molecule has 0 aliphatic carbocycles. The van der Waals surface area contributed by atoms with Gasteiger partial charge in [0.25, 0.3) is 0 Å². The molecule has 0 rings (SSSR count). The maximum Gasteiger partial charge on any atom is 0.218 e. The molecular weight excluding hydrogens is 160 g/mol. The highest BCUT2D eigenvalue weighted by atomic mass is 32.2. The number of carbonyl (C=O) groups is 1. The zero-order valence-corrected chi connectivity index (χ0v) is 7.91. The third-order valence-corrected chi connectivity index (χ3v) is 1.92. The molecule has 0 aromatic heterocycles. The summed E-state index contributed by atoms with van der Waals surface area (Å²) in [6.07, 6.45) is 2.48. The Bertz CT molecular complexity index is 119. The Hall–Kier alpha value is -0.220. The molecule has 4 heteroatoms. The minimum atomic E-state index is -0.242. The van der Waals surface area contributed by atoms with Crippen LogP contribution in [0, 0.1) is 0 Å². The van der Waals surface area contributed by atoms with Gasteiger partial charge in [0, 0.05) is 24.8 Å². The molecule has 1 unspecified atom stereocenters. The third kappa shape index (κ3) is 7.68. The molecule has 0 aromatic carbocycles. The van der Waals surface area contributed by atoms with E-state index >= 15 is 0 Å². The van der Waals surface area contributed by atoms with Gasteiger partial charge in [0.05, 0.1) is 0 Å². The molecule has 66 valence electrons. The molecule has 0 radical (unpaired) electrons. The van der Waals surface area contributed by atoms with E-state index in [0.29, 0.717) is 6.42 Å². The summed E-state index contributed by atoms with van der Waals surface area (Å²) >= 11 is 1.78. The highest BCUT2D eigenvalue weighted by Crippen LogP contribution is 1.91. The molecule has 1 atom stereocenters. The maximum atomic E-state index is 10.4. The van der Waals surface area contributed by atoms with Gasteiger partial charge in [0.1, 0.15) is 0 Å². The van der Waals surface area contributed by atoms with Crippen LogP contribution < -0.4 is 11.1 Å². The summed E-state index contributed by atoms with van der Waals surface area (Å²) in [5.74, 6) is 0.831. The van der Waals surface area contributed by atoms with Gasteiger partial charge < -0.3 is 11.1 Å². The van der Waals surface area contributed by atoms with Crippen LogP contribution in [0.25, 0.3) is 0 Å². The van der Waals surface area contributed by atoms with E-state index in [1.807, 2.05) is 6.92 Å². The van der Waals surface area contributed by atoms with Gasteiger partial charge in [-0.1, -0.05) is 0 Å². The second kappa shape index (κ2) is 6.49. The van der Waals surface area contributed by atoms with E-state index in [9.17, 15) is 4.79 Å². The molecule has 0 aliphatic heterocycles. The second-order valence-electron chi connectivity index (χ2n) is 2.52. The predicted molar refractivity (Wildman–Crippen MR) is 49.7 cm³/mol. The van der Waals surface area contributed by atoms with Gasteiger partial charge in [0.15, 0.2) is 0 Å². The van der Waals surface area contributed by atoms with Crippen molar-refractivity contribution in [2.24, 2.45) is 5.73 Å². The Morgan fingerprint density at radius 3 is 2.82 bits per heavy atom. The first-order chi connectivity index (χ1) is 5.16. The number of primary amides is 1. The van der Waals surface area contributed by atoms with Crippen molar-refractivity contribution in [2.45, 2.75) is 19.4 Å². The normalized spacial score (nSPS) is 12.9. The van der Waals surface area contributed by atoms with Crippen molar-refractivity contribution < 1.29 is 4.79 Å². The van der Waals surface area contributed by atoms with E-state index in [1.165, 1.54) is 0 Å².